The molecule has 1 aliphatic carbocycles. The second-order valence-electron chi connectivity index (χ2n) is 12.6. The average Bonchev–Trinajstić information content (AvgIpc) is 3.32. The number of rotatable bonds is 9. The van der Waals surface area contributed by atoms with Gasteiger partial charge in [-0.3, -0.25) is 0 Å². The van der Waals surface area contributed by atoms with Crippen LogP contribution in [-0.2, 0) is 17.7 Å². The third-order valence-electron chi connectivity index (χ3n) is 7.85. The van der Waals surface area contributed by atoms with Gasteiger partial charge in [0.15, 0.2) is 0 Å². The Morgan fingerprint density at radius 2 is 1.73 bits per heavy atom. The molecule has 232 valence electrons. The number of aromatic nitrogens is 2. The second kappa shape index (κ2) is 14.0. The molecule has 4 aromatic rings. The largest absolute Gasteiger partial charge is 0.514 e. The Kier molecular flexibility index (Phi) is 9.88. The van der Waals surface area contributed by atoms with Crippen LogP contribution in [0.1, 0.15) is 84.0 Å². The van der Waals surface area contributed by atoms with Gasteiger partial charge in [-0.25, -0.2) is 14.6 Å². The number of urea groups is 1. The highest BCUT2D eigenvalue weighted by Gasteiger charge is 2.20. The summed E-state index contributed by atoms with van der Waals surface area (Å²) in [6.45, 7) is 8.25. The number of nitrogens with zero attached hydrogens (tertiary/aromatic N) is 2. The summed E-state index contributed by atoms with van der Waals surface area (Å²) < 4.78 is 13.2. The number of ether oxygens (including phenoxy) is 2. The number of fused-ring (bicyclic) bond motifs is 1. The lowest BCUT2D eigenvalue weighted by molar-refractivity contribution is 0.0207. The summed E-state index contributed by atoms with van der Waals surface area (Å²) in [4.78, 5) is 30.1. The van der Waals surface area contributed by atoms with Crippen molar-refractivity contribution in [3.63, 3.8) is 0 Å². The maximum Gasteiger partial charge on any atom is 0.514 e. The summed E-state index contributed by atoms with van der Waals surface area (Å²) in [5.41, 5.74) is 4.88. The number of para-hydroxylation sites is 1. The minimum atomic E-state index is -0.728. The molecule has 5 rings (SSSR count). The Labute approximate surface area is 260 Å². The van der Waals surface area contributed by atoms with Crippen LogP contribution in [0.4, 0.5) is 15.3 Å². The lowest BCUT2D eigenvalue weighted by atomic mass is 9.96. The summed E-state index contributed by atoms with van der Waals surface area (Å²) in [6.07, 6.45) is 7.95. The molecule has 0 radical (unpaired) electrons. The number of nitrogens with one attached hydrogen (secondary N) is 2. The van der Waals surface area contributed by atoms with Gasteiger partial charge in [-0.05, 0) is 75.4 Å². The SMILES string of the molecule is CCCCc1nc2ccc(NC(=O)NC3CCCCC3)cc2n1Cc1ccc(-c2ccccc2OC(=O)OC(C)(C)C)cc1. The molecule has 3 aromatic carbocycles. The van der Waals surface area contributed by atoms with E-state index in [0.29, 0.717) is 12.3 Å². The van der Waals surface area contributed by atoms with Gasteiger partial charge in [-0.2, -0.15) is 0 Å². The van der Waals surface area contributed by atoms with E-state index in [9.17, 15) is 9.59 Å². The van der Waals surface area contributed by atoms with Crippen molar-refractivity contribution in [2.75, 3.05) is 5.32 Å². The van der Waals surface area contributed by atoms with E-state index in [0.717, 1.165) is 71.3 Å². The van der Waals surface area contributed by atoms with Gasteiger partial charge in [0, 0.05) is 30.3 Å². The molecule has 1 saturated carbocycles. The van der Waals surface area contributed by atoms with Gasteiger partial charge in [-0.15, -0.1) is 0 Å². The van der Waals surface area contributed by atoms with Crippen LogP contribution < -0.4 is 15.4 Å². The number of carbonyl (C=O) groups excluding carboxylic acids is 2. The highest BCUT2D eigenvalue weighted by atomic mass is 16.7. The van der Waals surface area contributed by atoms with Crippen molar-refractivity contribution in [1.29, 1.82) is 0 Å². The molecule has 8 heteroatoms. The van der Waals surface area contributed by atoms with Gasteiger partial charge in [0.05, 0.1) is 11.0 Å². The van der Waals surface area contributed by atoms with Crippen LogP contribution in [0.5, 0.6) is 5.75 Å². The van der Waals surface area contributed by atoms with Gasteiger partial charge in [0.2, 0.25) is 0 Å². The molecule has 1 heterocycles. The molecule has 0 saturated heterocycles. The standard InChI is InChI=1S/C36H44N4O4/c1-5-6-16-33-39-30-22-21-28(38-34(41)37-27-12-8-7-9-13-27)23-31(30)40(33)24-25-17-19-26(20-18-25)29-14-10-11-15-32(29)43-35(42)44-36(2,3)4/h10-11,14-15,17-23,27H,5-9,12-13,16,24H2,1-4H3,(H2,37,38,41). The van der Waals surface area contributed by atoms with E-state index >= 15 is 0 Å². The molecular formula is C36H44N4O4. The van der Waals surface area contributed by atoms with E-state index < -0.39 is 11.8 Å². The van der Waals surface area contributed by atoms with Crippen LogP contribution in [0.15, 0.2) is 66.7 Å². The van der Waals surface area contributed by atoms with Crippen molar-refractivity contribution < 1.29 is 19.1 Å². The average molecular weight is 597 g/mol. The molecule has 0 spiro atoms. The number of unbranched alkanes of at least 4 members (excludes halogenated alkanes) is 1. The Morgan fingerprint density at radius 3 is 2.45 bits per heavy atom. The van der Waals surface area contributed by atoms with Gasteiger partial charge < -0.3 is 24.7 Å². The van der Waals surface area contributed by atoms with Crippen LogP contribution in [0.25, 0.3) is 22.2 Å². The molecule has 8 nitrogen and oxygen atoms in total. The van der Waals surface area contributed by atoms with E-state index in [1.54, 1.807) is 6.07 Å². The molecule has 0 unspecified atom stereocenters. The quantitative estimate of drug-likeness (QED) is 0.149. The van der Waals surface area contributed by atoms with Crippen molar-refractivity contribution in [3.8, 4) is 16.9 Å². The van der Waals surface area contributed by atoms with Crippen molar-refractivity contribution in [2.24, 2.45) is 0 Å². The second-order valence-corrected chi connectivity index (χ2v) is 12.6. The van der Waals surface area contributed by atoms with Crippen molar-refractivity contribution in [2.45, 2.75) is 97.2 Å². The molecular weight excluding hydrogens is 552 g/mol. The Hall–Kier alpha value is -4.33. The van der Waals surface area contributed by atoms with E-state index in [4.69, 9.17) is 14.5 Å². The van der Waals surface area contributed by atoms with Gasteiger partial charge in [0.25, 0.3) is 0 Å². The van der Waals surface area contributed by atoms with E-state index in [1.165, 1.54) is 19.3 Å². The predicted octanol–water partition coefficient (Wildman–Crippen LogP) is 8.86. The maximum absolute atomic E-state index is 12.8. The molecule has 0 atom stereocenters. The number of aryl methyl sites for hydroxylation is 1. The number of anilines is 1. The van der Waals surface area contributed by atoms with E-state index in [1.807, 2.05) is 69.3 Å². The highest BCUT2D eigenvalue weighted by molar-refractivity contribution is 5.92. The minimum Gasteiger partial charge on any atom is -0.428 e. The fraction of sp³-hybridized carbons (Fsp3) is 0.417. The lowest BCUT2D eigenvalue weighted by Gasteiger charge is -2.22. The lowest BCUT2D eigenvalue weighted by Crippen LogP contribution is -2.39. The molecule has 44 heavy (non-hydrogen) atoms. The molecule has 2 N–H and O–H groups in total. The molecule has 2 amide bonds. The zero-order chi connectivity index (χ0) is 31.1. The zero-order valence-corrected chi connectivity index (χ0v) is 26.3. The van der Waals surface area contributed by atoms with Gasteiger partial charge in [0.1, 0.15) is 17.2 Å². The van der Waals surface area contributed by atoms with Crippen molar-refractivity contribution >= 4 is 28.9 Å². The molecule has 0 aliphatic heterocycles. The topological polar surface area (TPSA) is 94.5 Å². The summed E-state index contributed by atoms with van der Waals surface area (Å²) in [5.74, 6) is 1.48. The van der Waals surface area contributed by atoms with Crippen LogP contribution in [0, 0.1) is 0 Å². The number of imidazole rings is 1. The smallest absolute Gasteiger partial charge is 0.428 e. The van der Waals surface area contributed by atoms with Crippen LogP contribution in [-0.4, -0.2) is 33.4 Å². The summed E-state index contributed by atoms with van der Waals surface area (Å²) in [6, 6.07) is 21.8. The van der Waals surface area contributed by atoms with Gasteiger partial charge in [-0.1, -0.05) is 75.1 Å². The number of carbonyl (C=O) groups is 2. The first-order valence-electron chi connectivity index (χ1n) is 15.8. The number of hydrogen-bond acceptors (Lipinski definition) is 5. The van der Waals surface area contributed by atoms with Crippen LogP contribution >= 0.6 is 0 Å². The normalized spacial score (nSPS) is 13.9. The van der Waals surface area contributed by atoms with Gasteiger partial charge >= 0.3 is 12.2 Å². The first kappa shape index (κ1) is 31.1. The summed E-state index contributed by atoms with van der Waals surface area (Å²) in [7, 11) is 0. The highest BCUT2D eigenvalue weighted by Crippen LogP contribution is 2.31. The summed E-state index contributed by atoms with van der Waals surface area (Å²) >= 11 is 0. The molecule has 1 fully saturated rings. The molecule has 1 aromatic heterocycles. The first-order chi connectivity index (χ1) is 21.2. The fourth-order valence-electron chi connectivity index (χ4n) is 5.68. The van der Waals surface area contributed by atoms with Crippen molar-refractivity contribution in [1.82, 2.24) is 14.9 Å². The Morgan fingerprint density at radius 1 is 0.977 bits per heavy atom. The number of amides is 2. The number of benzene rings is 3. The fourth-order valence-corrected chi connectivity index (χ4v) is 5.68. The first-order valence-corrected chi connectivity index (χ1v) is 15.8. The third-order valence-corrected chi connectivity index (χ3v) is 7.85. The van der Waals surface area contributed by atoms with Crippen LogP contribution in [0.2, 0.25) is 0 Å². The maximum atomic E-state index is 12.8. The Balaban J connectivity index is 1.35. The molecule has 1 aliphatic rings. The summed E-state index contributed by atoms with van der Waals surface area (Å²) in [5, 5.41) is 6.18. The monoisotopic (exact) mass is 596 g/mol. The van der Waals surface area contributed by atoms with E-state index in [2.05, 4.69) is 34.3 Å². The zero-order valence-electron chi connectivity index (χ0n) is 26.3. The predicted molar refractivity (Wildman–Crippen MR) is 175 cm³/mol. The van der Waals surface area contributed by atoms with Crippen molar-refractivity contribution in [3.05, 3.63) is 78.1 Å². The number of hydrogen-bond donors (Lipinski definition) is 2. The Bertz CT molecular complexity index is 1580. The third kappa shape index (κ3) is 8.18. The minimum absolute atomic E-state index is 0.153. The van der Waals surface area contributed by atoms with E-state index in [-0.39, 0.29) is 12.1 Å². The molecule has 0 bridgehead atoms. The van der Waals surface area contributed by atoms with Crippen LogP contribution in [0.3, 0.4) is 0 Å².